The summed E-state index contributed by atoms with van der Waals surface area (Å²) in [5, 5.41) is 6.94. The van der Waals surface area contributed by atoms with Crippen molar-refractivity contribution in [2.45, 2.75) is 63.3 Å². The molecule has 1 aliphatic rings. The third-order valence-electron chi connectivity index (χ3n) is 5.97. The molecule has 0 aliphatic heterocycles. The van der Waals surface area contributed by atoms with Crippen LogP contribution in [-0.4, -0.2) is 39.0 Å². The van der Waals surface area contributed by atoms with E-state index >= 15 is 0 Å². The molecule has 0 spiro atoms. The highest BCUT2D eigenvalue weighted by molar-refractivity contribution is 5.92. The van der Waals surface area contributed by atoms with E-state index < -0.39 is 17.9 Å². The van der Waals surface area contributed by atoms with Gasteiger partial charge >= 0.3 is 6.18 Å². The number of amides is 1. The van der Waals surface area contributed by atoms with Crippen molar-refractivity contribution in [3.05, 3.63) is 53.7 Å². The normalized spacial score (nSPS) is 19.9. The van der Waals surface area contributed by atoms with Gasteiger partial charge in [-0.3, -0.25) is 4.79 Å². The van der Waals surface area contributed by atoms with Gasteiger partial charge in [-0.05, 0) is 50.8 Å². The van der Waals surface area contributed by atoms with Gasteiger partial charge in [-0.25, -0.2) is 9.97 Å². The highest BCUT2D eigenvalue weighted by Gasteiger charge is 2.34. The van der Waals surface area contributed by atoms with Gasteiger partial charge in [-0.1, -0.05) is 11.6 Å². The average molecular weight is 461 g/mol. The molecule has 3 aromatic rings. The van der Waals surface area contributed by atoms with Crippen LogP contribution in [0.1, 0.15) is 42.6 Å². The minimum Gasteiger partial charge on any atom is -0.382 e. The Morgan fingerprint density at radius 3 is 2.79 bits per heavy atom. The van der Waals surface area contributed by atoms with Gasteiger partial charge in [-0.2, -0.15) is 13.2 Å². The highest BCUT2D eigenvalue weighted by Crippen LogP contribution is 2.34. The average Bonchev–Trinajstić information content (AvgIpc) is 3.26. The zero-order valence-corrected chi connectivity index (χ0v) is 18.2. The molecule has 2 heterocycles. The lowest BCUT2D eigenvalue weighted by Gasteiger charge is -2.32. The van der Waals surface area contributed by atoms with E-state index in [0.717, 1.165) is 36.6 Å². The van der Waals surface area contributed by atoms with E-state index in [1.165, 1.54) is 6.33 Å². The number of alkyl halides is 3. The molecule has 5 N–H and O–H groups in total. The van der Waals surface area contributed by atoms with Gasteiger partial charge in [0.2, 0.25) is 5.91 Å². The largest absolute Gasteiger partial charge is 0.433 e. The lowest BCUT2D eigenvalue weighted by molar-refractivity contribution is -0.140. The van der Waals surface area contributed by atoms with Crippen LogP contribution in [0.4, 0.5) is 18.9 Å². The van der Waals surface area contributed by atoms with Gasteiger partial charge in [-0.15, -0.1) is 0 Å². The van der Waals surface area contributed by atoms with E-state index in [9.17, 15) is 18.0 Å². The number of nitrogens with zero attached hydrogens (tertiary/aromatic N) is 2. The Morgan fingerprint density at radius 1 is 1.27 bits per heavy atom. The predicted molar refractivity (Wildman–Crippen MR) is 120 cm³/mol. The molecular weight excluding hydrogens is 433 g/mol. The van der Waals surface area contributed by atoms with Crippen molar-refractivity contribution in [1.29, 1.82) is 0 Å². The number of halogens is 3. The molecule has 33 heavy (non-hydrogen) atoms. The number of aromatic amines is 1. The number of rotatable bonds is 6. The highest BCUT2D eigenvalue weighted by atomic mass is 19.4. The summed E-state index contributed by atoms with van der Waals surface area (Å²) in [6, 6.07) is 5.37. The number of nitrogens with two attached hydrogens (primary N) is 1. The minimum atomic E-state index is -4.54. The number of hydrogen-bond donors (Lipinski definition) is 4. The summed E-state index contributed by atoms with van der Waals surface area (Å²) in [7, 11) is 0. The minimum absolute atomic E-state index is 0.0833. The van der Waals surface area contributed by atoms with Crippen molar-refractivity contribution in [2.75, 3.05) is 5.32 Å². The van der Waals surface area contributed by atoms with Crippen molar-refractivity contribution >= 4 is 22.5 Å². The lowest BCUT2D eigenvalue weighted by Crippen LogP contribution is -2.49. The predicted octanol–water partition coefficient (Wildman–Crippen LogP) is 3.69. The number of imidazole rings is 1. The summed E-state index contributed by atoms with van der Waals surface area (Å²) in [6.45, 7) is 1.89. The molecule has 3 atom stereocenters. The number of carbonyl (C=O) groups excluding carboxylic acids is 1. The van der Waals surface area contributed by atoms with Crippen molar-refractivity contribution in [1.82, 2.24) is 20.3 Å². The number of carbonyl (C=O) groups is 1. The van der Waals surface area contributed by atoms with Crippen molar-refractivity contribution in [3.8, 4) is 0 Å². The third-order valence-corrected chi connectivity index (χ3v) is 5.97. The molecule has 1 aromatic carbocycles. The van der Waals surface area contributed by atoms with Crippen LogP contribution in [0.15, 0.2) is 36.8 Å². The molecule has 1 aliphatic carbocycles. The SMILES string of the molecule is Cc1ccc2nc(C(F)(F)F)cc(N[C@H]3CCC[C@@H](NC(=O)C(N)Cc4cnc[nH]4)C3)c2c1. The second-order valence-electron chi connectivity index (χ2n) is 8.67. The summed E-state index contributed by atoms with van der Waals surface area (Å²) >= 11 is 0. The van der Waals surface area contributed by atoms with E-state index in [1.807, 2.05) is 13.0 Å². The zero-order chi connectivity index (χ0) is 23.6. The molecule has 10 heteroatoms. The molecule has 1 amide bonds. The maximum absolute atomic E-state index is 13.4. The van der Waals surface area contributed by atoms with Crippen LogP contribution in [-0.2, 0) is 17.4 Å². The van der Waals surface area contributed by atoms with Gasteiger partial charge in [0.1, 0.15) is 5.69 Å². The molecule has 1 saturated carbocycles. The van der Waals surface area contributed by atoms with Gasteiger partial charge in [0.15, 0.2) is 0 Å². The fourth-order valence-electron chi connectivity index (χ4n) is 4.31. The fraction of sp³-hybridized carbons (Fsp3) is 0.435. The van der Waals surface area contributed by atoms with Gasteiger partial charge in [0.05, 0.1) is 17.9 Å². The van der Waals surface area contributed by atoms with Crippen LogP contribution >= 0.6 is 0 Å². The second kappa shape index (κ2) is 9.38. The first-order chi connectivity index (χ1) is 15.7. The number of hydrogen-bond acceptors (Lipinski definition) is 5. The Bertz CT molecular complexity index is 1120. The first kappa shape index (κ1) is 23.0. The van der Waals surface area contributed by atoms with E-state index in [-0.39, 0.29) is 18.0 Å². The number of nitrogens with one attached hydrogen (secondary N) is 3. The van der Waals surface area contributed by atoms with Gasteiger partial charge < -0.3 is 21.4 Å². The third kappa shape index (κ3) is 5.62. The summed E-state index contributed by atoms with van der Waals surface area (Å²) in [5.41, 5.74) is 7.52. The van der Waals surface area contributed by atoms with Crippen molar-refractivity contribution in [3.63, 3.8) is 0 Å². The van der Waals surface area contributed by atoms with Crippen LogP contribution in [0.2, 0.25) is 0 Å². The molecule has 0 radical (unpaired) electrons. The van der Waals surface area contributed by atoms with Crippen molar-refractivity contribution < 1.29 is 18.0 Å². The Labute approximate surface area is 189 Å². The molecule has 0 bridgehead atoms. The number of fused-ring (bicyclic) bond motifs is 1. The molecule has 4 rings (SSSR count). The molecule has 1 fully saturated rings. The standard InChI is InChI=1S/C23H27F3N6O/c1-13-5-6-19-17(7-13)20(10-21(32-19)23(24,25)26)30-14-3-2-4-15(8-14)31-22(33)18(27)9-16-11-28-12-29-16/h5-7,10-12,14-15,18H,2-4,8-9,27H2,1H3,(H,28,29)(H,30,32)(H,31,33)/t14-,15+,18?/m0/s1. The van der Waals surface area contributed by atoms with E-state index in [4.69, 9.17) is 5.73 Å². The number of anilines is 1. The number of pyridine rings is 1. The Kier molecular flexibility index (Phi) is 6.55. The molecule has 7 nitrogen and oxygen atoms in total. The molecular formula is C23H27F3N6O. The Hall–Kier alpha value is -3.14. The molecule has 2 aromatic heterocycles. The number of aryl methyl sites for hydroxylation is 1. The summed E-state index contributed by atoms with van der Waals surface area (Å²) in [4.78, 5) is 23.2. The van der Waals surface area contributed by atoms with E-state index in [0.29, 0.717) is 29.4 Å². The van der Waals surface area contributed by atoms with Crippen LogP contribution in [0.5, 0.6) is 0 Å². The fourth-order valence-corrected chi connectivity index (χ4v) is 4.31. The van der Waals surface area contributed by atoms with E-state index in [2.05, 4.69) is 25.6 Å². The molecule has 0 saturated heterocycles. The van der Waals surface area contributed by atoms with Crippen LogP contribution < -0.4 is 16.4 Å². The quantitative estimate of drug-likeness (QED) is 0.449. The first-order valence-electron chi connectivity index (χ1n) is 11.0. The molecule has 1 unspecified atom stereocenters. The number of aromatic nitrogens is 3. The van der Waals surface area contributed by atoms with Crippen LogP contribution in [0.3, 0.4) is 0 Å². The lowest BCUT2D eigenvalue weighted by atomic mass is 9.90. The summed E-state index contributed by atoms with van der Waals surface area (Å²) in [5.74, 6) is -0.250. The second-order valence-corrected chi connectivity index (χ2v) is 8.67. The van der Waals surface area contributed by atoms with Crippen LogP contribution in [0, 0.1) is 6.92 Å². The number of H-pyrrole nitrogens is 1. The molecule has 176 valence electrons. The summed E-state index contributed by atoms with van der Waals surface area (Å²) in [6.07, 6.45) is 2.00. The Balaban J connectivity index is 1.46. The maximum Gasteiger partial charge on any atom is 0.433 e. The number of benzene rings is 1. The van der Waals surface area contributed by atoms with Gasteiger partial charge in [0.25, 0.3) is 0 Å². The first-order valence-corrected chi connectivity index (χ1v) is 11.0. The monoisotopic (exact) mass is 460 g/mol. The topological polar surface area (TPSA) is 109 Å². The smallest absolute Gasteiger partial charge is 0.382 e. The van der Waals surface area contributed by atoms with Gasteiger partial charge in [0, 0.05) is 41.5 Å². The summed E-state index contributed by atoms with van der Waals surface area (Å²) < 4.78 is 40.2. The van der Waals surface area contributed by atoms with Crippen LogP contribution in [0.25, 0.3) is 10.9 Å². The van der Waals surface area contributed by atoms with Crippen molar-refractivity contribution in [2.24, 2.45) is 5.73 Å². The zero-order valence-electron chi connectivity index (χ0n) is 18.2. The Morgan fingerprint density at radius 2 is 2.06 bits per heavy atom. The van der Waals surface area contributed by atoms with E-state index in [1.54, 1.807) is 18.3 Å². The maximum atomic E-state index is 13.4.